The van der Waals surface area contributed by atoms with Gasteiger partial charge in [0.15, 0.2) is 16.3 Å². The molecule has 1 aliphatic heterocycles. The van der Waals surface area contributed by atoms with Gasteiger partial charge in [0.1, 0.15) is 5.69 Å². The first-order valence-electron chi connectivity index (χ1n) is 3.86. The summed E-state index contributed by atoms with van der Waals surface area (Å²) >= 11 is 10.2. The Hall–Kier alpha value is -0.460. The maximum absolute atomic E-state index is 13.5. The molecule has 0 spiro atoms. The summed E-state index contributed by atoms with van der Waals surface area (Å²) in [6, 6.07) is 1.51. The summed E-state index contributed by atoms with van der Waals surface area (Å²) in [6.45, 7) is 0. The van der Waals surface area contributed by atoms with Crippen LogP contribution < -0.4 is 9.46 Å². The number of halogens is 3. The largest absolute Gasteiger partial charge is 0.491 e. The predicted octanol–water partition coefficient (Wildman–Crippen LogP) is 3.48. The lowest BCUT2D eigenvalue weighted by atomic mass is 10.3. The van der Waals surface area contributed by atoms with Crippen LogP contribution in [-0.4, -0.2) is 11.9 Å². The molecule has 0 atom stereocenters. The van der Waals surface area contributed by atoms with Gasteiger partial charge in [-0.1, -0.05) is 11.6 Å². The number of ether oxygens (including phenoxy) is 1. The third kappa shape index (κ3) is 1.93. The molecule has 1 heterocycles. The van der Waals surface area contributed by atoms with Gasteiger partial charge in [-0.25, -0.2) is 9.38 Å². The Morgan fingerprint density at radius 1 is 1.67 bits per heavy atom. The van der Waals surface area contributed by atoms with E-state index in [1.165, 1.54) is 25.1 Å². The fourth-order valence-electron chi connectivity index (χ4n) is 1.16. The number of nitrogens with one attached hydrogen (secondary N) is 1. The first-order valence-corrected chi connectivity index (χ1v) is 5.85. The maximum Gasteiger partial charge on any atom is 0.185 e. The second kappa shape index (κ2) is 4.19. The summed E-state index contributed by atoms with van der Waals surface area (Å²) in [5, 5.41) is 0.0214. The molecule has 1 aromatic rings. The molecule has 2 rings (SSSR count). The highest BCUT2D eigenvalue weighted by Gasteiger charge is 2.21. The first-order chi connectivity index (χ1) is 7.13. The van der Waals surface area contributed by atoms with Crippen LogP contribution in [0.2, 0.25) is 5.02 Å². The number of hydrogen-bond donors (Lipinski definition) is 1. The normalized spacial score (nSPS) is 14.0. The van der Waals surface area contributed by atoms with E-state index in [2.05, 4.69) is 25.6 Å². The molecule has 1 aliphatic rings. The molecule has 1 N–H and O–H groups in total. The highest BCUT2D eigenvalue weighted by molar-refractivity contribution is 9.18. The number of aliphatic imine (C=N–C) groups is 1. The fraction of sp³-hybridized carbons (Fsp3) is 0.125. The molecular weight excluding hydrogens is 307 g/mol. The van der Waals surface area contributed by atoms with Gasteiger partial charge in [0.05, 0.1) is 17.0 Å². The lowest BCUT2D eigenvalue weighted by Gasteiger charge is -2.16. The van der Waals surface area contributed by atoms with Crippen molar-refractivity contribution in [2.24, 2.45) is 4.99 Å². The van der Waals surface area contributed by atoms with Crippen molar-refractivity contribution in [3.63, 3.8) is 0 Å². The van der Waals surface area contributed by atoms with Crippen molar-refractivity contribution in [2.75, 3.05) is 7.11 Å². The molecular formula is C8H5BrClFN2OS. The van der Waals surface area contributed by atoms with Crippen molar-refractivity contribution in [2.45, 2.75) is 4.90 Å². The number of amidine groups is 1. The van der Waals surface area contributed by atoms with E-state index in [9.17, 15) is 4.39 Å². The van der Waals surface area contributed by atoms with Crippen molar-refractivity contribution in [3.05, 3.63) is 16.9 Å². The van der Waals surface area contributed by atoms with Gasteiger partial charge in [0.25, 0.3) is 0 Å². The van der Waals surface area contributed by atoms with E-state index >= 15 is 0 Å². The average molecular weight is 312 g/mol. The summed E-state index contributed by atoms with van der Waals surface area (Å²) in [5.41, 5.74) is 0.440. The second-order valence-electron chi connectivity index (χ2n) is 2.66. The minimum Gasteiger partial charge on any atom is -0.491 e. The molecule has 0 radical (unpaired) electrons. The molecule has 7 heteroatoms. The van der Waals surface area contributed by atoms with Crippen LogP contribution in [0.3, 0.4) is 0 Å². The Morgan fingerprint density at radius 2 is 2.40 bits per heavy atom. The standard InChI is InChI=1S/C8H5BrClFN2OS/c1-14-7-5(11)3(10)2-4-6(7)12-8(9)13-15-4/h2H,1H3,(H,12,13). The van der Waals surface area contributed by atoms with Crippen LogP contribution in [0, 0.1) is 5.82 Å². The van der Waals surface area contributed by atoms with E-state index in [1.807, 2.05) is 0 Å². The Labute approximate surface area is 103 Å². The van der Waals surface area contributed by atoms with Crippen molar-refractivity contribution >= 4 is 49.9 Å². The fourth-order valence-corrected chi connectivity index (χ4v) is 2.49. The molecule has 80 valence electrons. The summed E-state index contributed by atoms with van der Waals surface area (Å²) in [6.07, 6.45) is 0. The monoisotopic (exact) mass is 310 g/mol. The highest BCUT2D eigenvalue weighted by atomic mass is 79.9. The summed E-state index contributed by atoms with van der Waals surface area (Å²) < 4.78 is 21.9. The van der Waals surface area contributed by atoms with E-state index in [-0.39, 0.29) is 10.8 Å². The maximum atomic E-state index is 13.5. The third-order valence-corrected chi connectivity index (χ3v) is 3.51. The van der Waals surface area contributed by atoms with Gasteiger partial charge in [-0.3, -0.25) is 0 Å². The van der Waals surface area contributed by atoms with Crippen LogP contribution in [0.5, 0.6) is 5.75 Å². The summed E-state index contributed by atoms with van der Waals surface area (Å²) in [5.74, 6) is -0.534. The predicted molar refractivity (Wildman–Crippen MR) is 63.0 cm³/mol. The number of rotatable bonds is 1. The number of nitrogens with zero attached hydrogens (tertiary/aromatic N) is 1. The Morgan fingerprint density at radius 3 is 3.07 bits per heavy atom. The summed E-state index contributed by atoms with van der Waals surface area (Å²) in [4.78, 5) is 4.82. The molecule has 0 saturated heterocycles. The molecule has 1 aromatic carbocycles. The van der Waals surface area contributed by atoms with Crippen LogP contribution >= 0.6 is 39.5 Å². The molecule has 0 amide bonds. The number of methoxy groups -OCH3 is 1. The van der Waals surface area contributed by atoms with Gasteiger partial charge in [-0.15, -0.1) is 0 Å². The third-order valence-electron chi connectivity index (χ3n) is 1.77. The second-order valence-corrected chi connectivity index (χ2v) is 4.67. The van der Waals surface area contributed by atoms with Crippen molar-refractivity contribution in [1.82, 2.24) is 4.72 Å². The van der Waals surface area contributed by atoms with Crippen molar-refractivity contribution in [3.8, 4) is 5.75 Å². The van der Waals surface area contributed by atoms with Crippen LogP contribution in [0.25, 0.3) is 0 Å². The minimum absolute atomic E-state index is 0.0214. The van der Waals surface area contributed by atoms with Crippen molar-refractivity contribution < 1.29 is 9.13 Å². The average Bonchev–Trinajstić information content (AvgIpc) is 2.21. The van der Waals surface area contributed by atoms with Gasteiger partial charge in [0, 0.05) is 0 Å². The number of hydrogen-bond acceptors (Lipinski definition) is 4. The zero-order valence-corrected chi connectivity index (χ0v) is 10.6. The molecule has 0 saturated carbocycles. The molecule has 0 aromatic heterocycles. The molecule has 15 heavy (non-hydrogen) atoms. The van der Waals surface area contributed by atoms with Gasteiger partial charge in [0.2, 0.25) is 0 Å². The molecule has 0 fully saturated rings. The Kier molecular flexibility index (Phi) is 3.08. The minimum atomic E-state index is -0.593. The van der Waals surface area contributed by atoms with Gasteiger partial charge >= 0.3 is 0 Å². The van der Waals surface area contributed by atoms with Crippen LogP contribution in [0.4, 0.5) is 10.1 Å². The SMILES string of the molecule is COc1c(F)c(Cl)cc2c1N=C(Br)NS2. The van der Waals surface area contributed by atoms with Gasteiger partial charge in [-0.05, 0) is 33.9 Å². The lowest BCUT2D eigenvalue weighted by molar-refractivity contribution is 0.387. The van der Waals surface area contributed by atoms with E-state index in [0.717, 1.165) is 4.90 Å². The summed E-state index contributed by atoms with van der Waals surface area (Å²) in [7, 11) is 1.38. The van der Waals surface area contributed by atoms with Crippen molar-refractivity contribution in [1.29, 1.82) is 0 Å². The van der Waals surface area contributed by atoms with E-state index < -0.39 is 5.82 Å². The number of fused-ring (bicyclic) bond motifs is 1. The topological polar surface area (TPSA) is 33.6 Å². The smallest absolute Gasteiger partial charge is 0.185 e. The molecule has 0 unspecified atom stereocenters. The van der Waals surface area contributed by atoms with E-state index in [1.54, 1.807) is 0 Å². The highest BCUT2D eigenvalue weighted by Crippen LogP contribution is 2.44. The lowest BCUT2D eigenvalue weighted by Crippen LogP contribution is -2.11. The molecule has 0 aliphatic carbocycles. The quantitative estimate of drug-likeness (QED) is 0.637. The first kappa shape index (κ1) is 11.0. The molecule has 3 nitrogen and oxygen atoms in total. The van der Waals surface area contributed by atoms with Crippen LogP contribution in [-0.2, 0) is 0 Å². The zero-order valence-electron chi connectivity index (χ0n) is 7.47. The van der Waals surface area contributed by atoms with Crippen LogP contribution in [0.1, 0.15) is 0 Å². The zero-order chi connectivity index (χ0) is 11.0. The van der Waals surface area contributed by atoms with Gasteiger partial charge < -0.3 is 9.46 Å². The van der Waals surface area contributed by atoms with E-state index in [4.69, 9.17) is 16.3 Å². The number of benzene rings is 1. The Bertz CT molecular complexity index is 455. The Balaban J connectivity index is 2.68. The van der Waals surface area contributed by atoms with E-state index in [0.29, 0.717) is 10.4 Å². The van der Waals surface area contributed by atoms with Crippen LogP contribution in [0.15, 0.2) is 16.0 Å². The van der Waals surface area contributed by atoms with Gasteiger partial charge in [-0.2, -0.15) is 0 Å². The molecule has 0 bridgehead atoms.